The van der Waals surface area contributed by atoms with Gasteiger partial charge in [0.05, 0.1) is 12.0 Å². The molecule has 2 fully saturated rings. The van der Waals surface area contributed by atoms with Gasteiger partial charge in [0, 0.05) is 24.6 Å². The average molecular weight is 454 g/mol. The van der Waals surface area contributed by atoms with Crippen LogP contribution in [0.25, 0.3) is 0 Å². The molecule has 0 aliphatic carbocycles. The molecule has 0 saturated carbocycles. The van der Waals surface area contributed by atoms with Crippen molar-refractivity contribution in [1.29, 1.82) is 0 Å². The van der Waals surface area contributed by atoms with Gasteiger partial charge in [-0.25, -0.2) is 0 Å². The largest absolute Gasteiger partial charge is 0.365 e. The van der Waals surface area contributed by atoms with Gasteiger partial charge < -0.3 is 15.0 Å². The van der Waals surface area contributed by atoms with E-state index in [1.165, 1.54) is 0 Å². The van der Waals surface area contributed by atoms with E-state index in [1.54, 1.807) is 0 Å². The van der Waals surface area contributed by atoms with Crippen LogP contribution in [-0.2, 0) is 19.1 Å². The van der Waals surface area contributed by atoms with Crippen molar-refractivity contribution in [3.63, 3.8) is 0 Å². The van der Waals surface area contributed by atoms with E-state index in [9.17, 15) is 14.4 Å². The molecule has 1 unspecified atom stereocenters. The number of nitrogens with zero attached hydrogens (tertiary/aromatic N) is 1. The van der Waals surface area contributed by atoms with Crippen molar-refractivity contribution in [2.24, 2.45) is 5.92 Å². The van der Waals surface area contributed by atoms with Crippen LogP contribution in [0.2, 0.25) is 0 Å². The van der Waals surface area contributed by atoms with E-state index < -0.39 is 0 Å². The number of amides is 3. The fraction of sp³-hybridized carbons (Fsp3) is 0.577. The van der Waals surface area contributed by atoms with E-state index in [-0.39, 0.29) is 23.8 Å². The molecule has 178 valence electrons. The minimum atomic E-state index is -0.365. The minimum Gasteiger partial charge on any atom is -0.365 e. The van der Waals surface area contributed by atoms with Crippen LogP contribution in [0.15, 0.2) is 24.3 Å². The summed E-state index contributed by atoms with van der Waals surface area (Å²) < 4.78 is 5.94. The van der Waals surface area contributed by atoms with Gasteiger partial charge >= 0.3 is 0 Å². The predicted molar refractivity (Wildman–Crippen MR) is 126 cm³/mol. The molecule has 7 nitrogen and oxygen atoms in total. The molecule has 3 rings (SSSR count). The van der Waals surface area contributed by atoms with Gasteiger partial charge in [0.1, 0.15) is 6.61 Å². The summed E-state index contributed by atoms with van der Waals surface area (Å²) in [5.74, 6) is 6.01. The molecule has 0 radical (unpaired) electrons. The number of imide groups is 1. The Kier molecular flexibility index (Phi) is 9.92. The van der Waals surface area contributed by atoms with Crippen molar-refractivity contribution >= 4 is 18.2 Å². The summed E-state index contributed by atoms with van der Waals surface area (Å²) in [6.07, 6.45) is 5.63. The summed E-state index contributed by atoms with van der Waals surface area (Å²) in [5.41, 5.74) is 1.67. The maximum absolute atomic E-state index is 12.7. The lowest BCUT2D eigenvalue weighted by atomic mass is 9.92. The van der Waals surface area contributed by atoms with Gasteiger partial charge in [0.2, 0.25) is 18.2 Å². The van der Waals surface area contributed by atoms with Gasteiger partial charge in [-0.1, -0.05) is 37.3 Å². The Balaban J connectivity index is 1.46. The van der Waals surface area contributed by atoms with Crippen molar-refractivity contribution in [2.75, 3.05) is 32.8 Å². The first-order valence-electron chi connectivity index (χ1n) is 12.1. The Hall–Kier alpha value is -2.69. The van der Waals surface area contributed by atoms with Crippen molar-refractivity contribution in [2.45, 2.75) is 57.5 Å². The second-order valence-corrected chi connectivity index (χ2v) is 8.75. The summed E-state index contributed by atoms with van der Waals surface area (Å²) in [5, 5.41) is 5.57. The Morgan fingerprint density at radius 3 is 2.70 bits per heavy atom. The number of piperidine rings is 2. The molecular weight excluding hydrogens is 418 g/mol. The number of ether oxygens (including phenoxy) is 1. The lowest BCUT2D eigenvalue weighted by molar-refractivity contribution is -0.138. The number of carbonyl (C=O) groups is 3. The maximum atomic E-state index is 12.7. The molecule has 3 amide bonds. The monoisotopic (exact) mass is 453 g/mol. The van der Waals surface area contributed by atoms with E-state index in [4.69, 9.17) is 4.74 Å². The maximum Gasteiger partial charge on any atom is 0.233 e. The fourth-order valence-electron chi connectivity index (χ4n) is 4.60. The Bertz CT molecular complexity index is 862. The third-order valence-corrected chi connectivity index (χ3v) is 6.45. The highest BCUT2D eigenvalue weighted by Crippen LogP contribution is 2.23. The first-order valence-corrected chi connectivity index (χ1v) is 12.1. The molecule has 2 saturated heterocycles. The lowest BCUT2D eigenvalue weighted by Gasteiger charge is -2.35. The minimum absolute atomic E-state index is 0.128. The van der Waals surface area contributed by atoms with Crippen LogP contribution in [0, 0.1) is 17.8 Å². The van der Waals surface area contributed by atoms with Crippen LogP contribution in [-0.4, -0.2) is 62.0 Å². The molecule has 0 bridgehead atoms. The van der Waals surface area contributed by atoms with E-state index in [1.807, 2.05) is 36.1 Å². The van der Waals surface area contributed by atoms with E-state index in [0.29, 0.717) is 25.3 Å². The first-order chi connectivity index (χ1) is 16.1. The van der Waals surface area contributed by atoms with Crippen LogP contribution >= 0.6 is 0 Å². The number of carbonyl (C=O) groups excluding carboxylic acids is 3. The topological polar surface area (TPSA) is 87.7 Å². The van der Waals surface area contributed by atoms with E-state index in [0.717, 1.165) is 69.4 Å². The molecule has 2 aliphatic heterocycles. The molecule has 1 atom stereocenters. The summed E-state index contributed by atoms with van der Waals surface area (Å²) in [6, 6.07) is 7.59. The molecule has 7 heteroatoms. The second-order valence-electron chi connectivity index (χ2n) is 8.75. The van der Waals surface area contributed by atoms with Gasteiger partial charge in [-0.3, -0.25) is 19.7 Å². The fourth-order valence-corrected chi connectivity index (χ4v) is 4.60. The standard InChI is InChI=1S/C26H35N3O4/c1-2-5-24(25(31)28-19-30)22-8-3-6-20(18-22)7-4-17-33-23-11-15-29(16-12-23)26(32)21-9-13-27-14-10-21/h3,6,8,18-19,21,23-24,27H,2,5,9-17H2,1H3,(H,28,30,31). The Morgan fingerprint density at radius 1 is 1.24 bits per heavy atom. The molecule has 0 aromatic heterocycles. The lowest BCUT2D eigenvalue weighted by Crippen LogP contribution is -2.45. The number of hydrogen-bond acceptors (Lipinski definition) is 5. The first kappa shape index (κ1) is 24.9. The molecule has 1 aromatic carbocycles. The third kappa shape index (κ3) is 7.41. The zero-order chi connectivity index (χ0) is 23.5. The quantitative estimate of drug-likeness (QED) is 0.466. The highest BCUT2D eigenvalue weighted by atomic mass is 16.5. The molecular formula is C26H35N3O4. The Labute approximate surface area is 196 Å². The van der Waals surface area contributed by atoms with Gasteiger partial charge in [0.25, 0.3) is 0 Å². The van der Waals surface area contributed by atoms with Crippen LogP contribution in [0.1, 0.15) is 62.5 Å². The van der Waals surface area contributed by atoms with Gasteiger partial charge in [0.15, 0.2) is 0 Å². The molecule has 2 N–H and O–H groups in total. The highest BCUT2D eigenvalue weighted by Gasteiger charge is 2.29. The van der Waals surface area contributed by atoms with Crippen molar-refractivity contribution < 1.29 is 19.1 Å². The SMILES string of the molecule is CCCC(C(=O)NC=O)c1cccc(C#CCOC2CCN(C(=O)C3CCNCC3)CC2)c1. The predicted octanol–water partition coefficient (Wildman–Crippen LogP) is 2.20. The zero-order valence-electron chi connectivity index (χ0n) is 19.5. The average Bonchev–Trinajstić information content (AvgIpc) is 2.86. The van der Waals surface area contributed by atoms with Gasteiger partial charge in [-0.2, -0.15) is 0 Å². The zero-order valence-corrected chi connectivity index (χ0v) is 19.5. The van der Waals surface area contributed by atoms with Crippen molar-refractivity contribution in [1.82, 2.24) is 15.5 Å². The van der Waals surface area contributed by atoms with Crippen LogP contribution in [0.4, 0.5) is 0 Å². The Morgan fingerprint density at radius 2 is 2.00 bits per heavy atom. The number of rotatable bonds is 8. The molecule has 0 spiro atoms. The van der Waals surface area contributed by atoms with Crippen molar-refractivity contribution in [3.8, 4) is 11.8 Å². The van der Waals surface area contributed by atoms with E-state index in [2.05, 4.69) is 22.5 Å². The van der Waals surface area contributed by atoms with Gasteiger partial charge in [-0.15, -0.1) is 0 Å². The highest BCUT2D eigenvalue weighted by molar-refractivity contribution is 5.91. The number of hydrogen-bond donors (Lipinski definition) is 2. The smallest absolute Gasteiger partial charge is 0.233 e. The summed E-state index contributed by atoms with van der Waals surface area (Å²) >= 11 is 0. The van der Waals surface area contributed by atoms with Crippen LogP contribution in [0.3, 0.4) is 0 Å². The number of benzene rings is 1. The molecule has 1 aromatic rings. The number of nitrogens with one attached hydrogen (secondary N) is 2. The molecule has 2 aliphatic rings. The normalized spacial score (nSPS) is 18.2. The molecule has 2 heterocycles. The summed E-state index contributed by atoms with van der Waals surface area (Å²) in [7, 11) is 0. The van der Waals surface area contributed by atoms with E-state index >= 15 is 0 Å². The summed E-state index contributed by atoms with van der Waals surface area (Å²) in [6.45, 7) is 5.72. The molecule has 33 heavy (non-hydrogen) atoms. The number of likely N-dealkylation sites (tertiary alicyclic amines) is 1. The second kappa shape index (κ2) is 13.1. The van der Waals surface area contributed by atoms with Crippen molar-refractivity contribution in [3.05, 3.63) is 35.4 Å². The third-order valence-electron chi connectivity index (χ3n) is 6.45. The summed E-state index contributed by atoms with van der Waals surface area (Å²) in [4.78, 5) is 37.5. The van der Waals surface area contributed by atoms with Crippen LogP contribution < -0.4 is 10.6 Å². The van der Waals surface area contributed by atoms with Crippen LogP contribution in [0.5, 0.6) is 0 Å². The van der Waals surface area contributed by atoms with Gasteiger partial charge in [-0.05, 0) is 62.9 Å².